The molecule has 0 N–H and O–H groups in total. The van der Waals surface area contributed by atoms with Crippen molar-refractivity contribution in [2.24, 2.45) is 17.8 Å². The van der Waals surface area contributed by atoms with Crippen LogP contribution in [0.15, 0.2) is 0 Å². The fraction of sp³-hybridized carbons (Fsp3) is 0.875. The van der Waals surface area contributed by atoms with Crippen LogP contribution in [0.4, 0.5) is 0 Å². The van der Waals surface area contributed by atoms with E-state index in [4.69, 9.17) is 6.42 Å². The van der Waals surface area contributed by atoms with E-state index in [1.807, 2.05) is 0 Å². The lowest BCUT2D eigenvalue weighted by molar-refractivity contribution is 0.182. The Morgan fingerprint density at radius 1 is 1.12 bits per heavy atom. The van der Waals surface area contributed by atoms with Crippen molar-refractivity contribution in [3.8, 4) is 12.3 Å². The van der Waals surface area contributed by atoms with Gasteiger partial charge in [-0.1, -0.05) is 59.8 Å². The van der Waals surface area contributed by atoms with Crippen LogP contribution in [0.2, 0.25) is 0 Å². The molecule has 0 amide bonds. The normalized spacial score (nSPS) is 16.9. The smallest absolute Gasteiger partial charge is 0.0732 e. The van der Waals surface area contributed by atoms with Crippen LogP contribution in [0.3, 0.4) is 0 Å². The third kappa shape index (κ3) is 6.13. The molecular formula is C16H31N. The molecule has 0 aliphatic carbocycles. The van der Waals surface area contributed by atoms with Crippen LogP contribution in [-0.4, -0.2) is 24.5 Å². The van der Waals surface area contributed by atoms with E-state index in [0.717, 1.165) is 18.4 Å². The van der Waals surface area contributed by atoms with E-state index in [2.05, 4.69) is 52.5 Å². The van der Waals surface area contributed by atoms with Crippen molar-refractivity contribution < 1.29 is 0 Å². The highest BCUT2D eigenvalue weighted by atomic mass is 15.1. The standard InChI is InChI=1S/C16H31N/c1-8-10-11-14(5)15(6)12-17(7)16(9-2)13(3)4/h2,13-16H,8,10-12H2,1,3-7H3. The zero-order valence-corrected chi connectivity index (χ0v) is 12.7. The first-order valence-corrected chi connectivity index (χ1v) is 7.10. The van der Waals surface area contributed by atoms with Gasteiger partial charge < -0.3 is 0 Å². The topological polar surface area (TPSA) is 3.24 Å². The van der Waals surface area contributed by atoms with E-state index in [0.29, 0.717) is 5.92 Å². The zero-order chi connectivity index (χ0) is 13.4. The van der Waals surface area contributed by atoms with Crippen LogP contribution < -0.4 is 0 Å². The second kappa shape index (κ2) is 8.59. The molecule has 0 aliphatic rings. The highest BCUT2D eigenvalue weighted by Crippen LogP contribution is 2.20. The molecule has 0 aliphatic heterocycles. The molecular weight excluding hydrogens is 206 g/mol. The van der Waals surface area contributed by atoms with Crippen molar-refractivity contribution in [2.75, 3.05) is 13.6 Å². The monoisotopic (exact) mass is 237 g/mol. The van der Waals surface area contributed by atoms with E-state index in [1.165, 1.54) is 19.3 Å². The summed E-state index contributed by atoms with van der Waals surface area (Å²) in [4.78, 5) is 2.35. The average Bonchev–Trinajstić information content (AvgIpc) is 2.25. The van der Waals surface area contributed by atoms with Gasteiger partial charge in [0.2, 0.25) is 0 Å². The van der Waals surface area contributed by atoms with Crippen LogP contribution in [0.5, 0.6) is 0 Å². The van der Waals surface area contributed by atoms with Gasteiger partial charge in [-0.2, -0.15) is 0 Å². The first-order valence-electron chi connectivity index (χ1n) is 7.10. The van der Waals surface area contributed by atoms with Crippen molar-refractivity contribution in [3.63, 3.8) is 0 Å². The molecule has 0 aromatic carbocycles. The summed E-state index contributed by atoms with van der Waals surface area (Å²) in [7, 11) is 2.16. The van der Waals surface area contributed by atoms with Crippen LogP contribution >= 0.6 is 0 Å². The molecule has 0 saturated carbocycles. The molecule has 0 heterocycles. The molecule has 0 saturated heterocycles. The maximum Gasteiger partial charge on any atom is 0.0732 e. The molecule has 0 fully saturated rings. The van der Waals surface area contributed by atoms with Crippen LogP contribution in [0, 0.1) is 30.1 Å². The zero-order valence-electron chi connectivity index (χ0n) is 12.7. The maximum atomic E-state index is 5.61. The maximum absolute atomic E-state index is 5.61. The van der Waals surface area contributed by atoms with E-state index in [9.17, 15) is 0 Å². The molecule has 1 heteroatoms. The Kier molecular flexibility index (Phi) is 8.35. The minimum absolute atomic E-state index is 0.274. The minimum Gasteiger partial charge on any atom is -0.292 e. The predicted octanol–water partition coefficient (Wildman–Crippen LogP) is 4.04. The lowest BCUT2D eigenvalue weighted by atomic mass is 9.90. The summed E-state index contributed by atoms with van der Waals surface area (Å²) in [5.74, 6) is 4.96. The third-order valence-corrected chi connectivity index (χ3v) is 3.84. The van der Waals surface area contributed by atoms with E-state index >= 15 is 0 Å². The molecule has 0 bridgehead atoms. The molecule has 0 rings (SSSR count). The van der Waals surface area contributed by atoms with Gasteiger partial charge in [0.15, 0.2) is 0 Å². The summed E-state index contributed by atoms with van der Waals surface area (Å²) in [5, 5.41) is 0. The van der Waals surface area contributed by atoms with Gasteiger partial charge in [0.1, 0.15) is 0 Å². The molecule has 0 aromatic rings. The summed E-state index contributed by atoms with van der Waals surface area (Å²) < 4.78 is 0. The Morgan fingerprint density at radius 3 is 2.12 bits per heavy atom. The molecule has 17 heavy (non-hydrogen) atoms. The van der Waals surface area contributed by atoms with E-state index < -0.39 is 0 Å². The number of hydrogen-bond donors (Lipinski definition) is 0. The summed E-state index contributed by atoms with van der Waals surface area (Å²) >= 11 is 0. The van der Waals surface area contributed by atoms with Gasteiger partial charge >= 0.3 is 0 Å². The van der Waals surface area contributed by atoms with Crippen molar-refractivity contribution in [2.45, 2.75) is 59.9 Å². The Hall–Kier alpha value is -0.480. The number of hydrogen-bond acceptors (Lipinski definition) is 1. The fourth-order valence-electron chi connectivity index (χ4n) is 2.39. The van der Waals surface area contributed by atoms with E-state index in [-0.39, 0.29) is 6.04 Å². The van der Waals surface area contributed by atoms with Gasteiger partial charge in [0.25, 0.3) is 0 Å². The Morgan fingerprint density at radius 2 is 1.71 bits per heavy atom. The molecule has 0 spiro atoms. The first kappa shape index (κ1) is 16.5. The van der Waals surface area contributed by atoms with Gasteiger partial charge in [0.05, 0.1) is 6.04 Å². The summed E-state index contributed by atoms with van der Waals surface area (Å²) in [5.41, 5.74) is 0. The lowest BCUT2D eigenvalue weighted by Crippen LogP contribution is -2.38. The Labute approximate surface area is 109 Å². The highest BCUT2D eigenvalue weighted by molar-refractivity contribution is 5.01. The largest absolute Gasteiger partial charge is 0.292 e. The molecule has 1 nitrogen and oxygen atoms in total. The van der Waals surface area contributed by atoms with Crippen molar-refractivity contribution in [1.29, 1.82) is 0 Å². The van der Waals surface area contributed by atoms with Crippen LogP contribution in [0.25, 0.3) is 0 Å². The van der Waals surface area contributed by atoms with Gasteiger partial charge in [-0.15, -0.1) is 6.42 Å². The number of rotatable bonds is 8. The fourth-order valence-corrected chi connectivity index (χ4v) is 2.39. The molecule has 3 unspecified atom stereocenters. The number of unbranched alkanes of at least 4 members (excludes halogenated alkanes) is 1. The van der Waals surface area contributed by atoms with Crippen molar-refractivity contribution >= 4 is 0 Å². The SMILES string of the molecule is C#CC(C(C)C)N(C)CC(C)C(C)CCCC. The number of terminal acetylenes is 1. The lowest BCUT2D eigenvalue weighted by Gasteiger charge is -2.31. The van der Waals surface area contributed by atoms with Gasteiger partial charge in [-0.3, -0.25) is 4.90 Å². The van der Waals surface area contributed by atoms with E-state index in [1.54, 1.807) is 0 Å². The molecule has 0 aromatic heterocycles. The van der Waals surface area contributed by atoms with Gasteiger partial charge in [-0.05, 0) is 24.8 Å². The van der Waals surface area contributed by atoms with Crippen molar-refractivity contribution in [3.05, 3.63) is 0 Å². The molecule has 3 atom stereocenters. The summed E-state index contributed by atoms with van der Waals surface area (Å²) in [6.45, 7) is 12.5. The third-order valence-electron chi connectivity index (χ3n) is 3.84. The summed E-state index contributed by atoms with van der Waals surface area (Å²) in [6.07, 6.45) is 9.60. The van der Waals surface area contributed by atoms with Crippen LogP contribution in [-0.2, 0) is 0 Å². The van der Waals surface area contributed by atoms with Gasteiger partial charge in [-0.25, -0.2) is 0 Å². The second-order valence-corrected chi connectivity index (χ2v) is 5.89. The predicted molar refractivity (Wildman–Crippen MR) is 77.9 cm³/mol. The number of nitrogens with zero attached hydrogens (tertiary/aromatic N) is 1. The Bertz CT molecular complexity index is 226. The quantitative estimate of drug-likeness (QED) is 0.576. The first-order chi connectivity index (χ1) is 7.93. The van der Waals surface area contributed by atoms with Crippen molar-refractivity contribution in [1.82, 2.24) is 4.90 Å². The average molecular weight is 237 g/mol. The molecule has 100 valence electrons. The second-order valence-electron chi connectivity index (χ2n) is 5.89. The highest BCUT2D eigenvalue weighted by Gasteiger charge is 2.20. The Balaban J connectivity index is 4.18. The molecule has 0 radical (unpaired) electrons. The summed E-state index contributed by atoms with van der Waals surface area (Å²) in [6, 6.07) is 0.274. The van der Waals surface area contributed by atoms with Gasteiger partial charge in [0, 0.05) is 6.54 Å². The minimum atomic E-state index is 0.274. The van der Waals surface area contributed by atoms with Crippen LogP contribution in [0.1, 0.15) is 53.9 Å².